The summed E-state index contributed by atoms with van der Waals surface area (Å²) in [6.07, 6.45) is 1.98. The third kappa shape index (κ3) is 1.23. The van der Waals surface area contributed by atoms with Crippen molar-refractivity contribution in [2.24, 2.45) is 0 Å². The van der Waals surface area contributed by atoms with Crippen LogP contribution in [0, 0.1) is 0 Å². The van der Waals surface area contributed by atoms with Gasteiger partial charge < -0.3 is 10.1 Å². The van der Waals surface area contributed by atoms with Gasteiger partial charge in [0, 0.05) is 12.7 Å². The summed E-state index contributed by atoms with van der Waals surface area (Å²) in [4.78, 5) is 14.9. The molecule has 1 aromatic rings. The summed E-state index contributed by atoms with van der Waals surface area (Å²) in [6.45, 7) is 0.609. The first-order valence-corrected chi connectivity index (χ1v) is 3.76. The Morgan fingerprint density at radius 2 is 2.50 bits per heavy atom. The van der Waals surface area contributed by atoms with Gasteiger partial charge in [-0.1, -0.05) is 0 Å². The fourth-order valence-electron chi connectivity index (χ4n) is 1.06. The van der Waals surface area contributed by atoms with E-state index in [0.717, 1.165) is 5.69 Å². The average molecular weight is 164 g/mol. The number of pyridine rings is 1. The monoisotopic (exact) mass is 164 g/mol. The highest BCUT2D eigenvalue weighted by atomic mass is 16.5. The molecule has 1 aromatic heterocycles. The van der Waals surface area contributed by atoms with Gasteiger partial charge in [-0.05, 0) is 12.1 Å². The molecule has 62 valence electrons. The maximum absolute atomic E-state index is 10.9. The summed E-state index contributed by atoms with van der Waals surface area (Å²) < 4.78 is 4.94. The number of nitrogens with zero attached hydrogens (tertiary/aromatic N) is 1. The van der Waals surface area contributed by atoms with E-state index >= 15 is 0 Å². The zero-order valence-corrected chi connectivity index (χ0v) is 6.41. The summed E-state index contributed by atoms with van der Waals surface area (Å²) in [5.41, 5.74) is 0.781. The Hall–Kier alpha value is -1.58. The highest BCUT2D eigenvalue weighted by Gasteiger charge is 2.13. The van der Waals surface area contributed by atoms with Crippen LogP contribution in [0.3, 0.4) is 0 Å². The third-order valence-corrected chi connectivity index (χ3v) is 1.63. The van der Waals surface area contributed by atoms with Gasteiger partial charge in [-0.2, -0.15) is 0 Å². The molecule has 0 unspecified atom stereocenters. The first kappa shape index (κ1) is 7.09. The molecule has 0 aliphatic carbocycles. The first-order chi connectivity index (χ1) is 5.86. The number of ether oxygens (including phenoxy) is 1. The lowest BCUT2D eigenvalue weighted by atomic mass is 10.4. The topological polar surface area (TPSA) is 51.2 Å². The fraction of sp³-hybridized carbons (Fsp3) is 0.250. The van der Waals surface area contributed by atoms with Gasteiger partial charge in [-0.3, -0.25) is 4.79 Å². The number of carbonyl (C=O) groups excluding carboxylic acids is 1. The number of hydrogen-bond acceptors (Lipinski definition) is 4. The van der Waals surface area contributed by atoms with Gasteiger partial charge in [0.2, 0.25) is 5.88 Å². The van der Waals surface area contributed by atoms with Crippen molar-refractivity contribution in [3.05, 3.63) is 18.3 Å². The van der Waals surface area contributed by atoms with Gasteiger partial charge >= 0.3 is 5.97 Å². The second-order valence-electron chi connectivity index (χ2n) is 2.51. The second-order valence-corrected chi connectivity index (χ2v) is 2.51. The Bertz CT molecular complexity index is 312. The van der Waals surface area contributed by atoms with Crippen molar-refractivity contribution in [1.82, 2.24) is 4.98 Å². The lowest BCUT2D eigenvalue weighted by Crippen LogP contribution is -2.08. The summed E-state index contributed by atoms with van der Waals surface area (Å²) in [5.74, 6) is 0.139. The zero-order chi connectivity index (χ0) is 8.39. The number of carbonyl (C=O) groups is 1. The molecule has 0 spiro atoms. The first-order valence-electron chi connectivity index (χ1n) is 3.76. The smallest absolute Gasteiger partial charge is 0.314 e. The van der Waals surface area contributed by atoms with Crippen molar-refractivity contribution >= 4 is 11.7 Å². The molecule has 0 bridgehead atoms. The number of anilines is 1. The van der Waals surface area contributed by atoms with Crippen LogP contribution in [0.25, 0.3) is 0 Å². The number of hydrogen-bond donors (Lipinski definition) is 1. The molecule has 12 heavy (non-hydrogen) atoms. The number of esters is 1. The second kappa shape index (κ2) is 2.81. The SMILES string of the molecule is O=C1CCNc2cccnc2O1. The van der Waals surface area contributed by atoms with Gasteiger partial charge in [0.1, 0.15) is 0 Å². The van der Waals surface area contributed by atoms with Crippen molar-refractivity contribution in [2.75, 3.05) is 11.9 Å². The van der Waals surface area contributed by atoms with Crippen LogP contribution in [0.15, 0.2) is 18.3 Å². The van der Waals surface area contributed by atoms with Gasteiger partial charge in [-0.15, -0.1) is 0 Å². The molecule has 0 saturated heterocycles. The van der Waals surface area contributed by atoms with Crippen LogP contribution in [0.5, 0.6) is 5.88 Å². The van der Waals surface area contributed by atoms with Gasteiger partial charge in [0.05, 0.1) is 12.1 Å². The largest absolute Gasteiger partial charge is 0.405 e. The molecule has 0 aromatic carbocycles. The maximum Gasteiger partial charge on any atom is 0.314 e. The highest BCUT2D eigenvalue weighted by Crippen LogP contribution is 2.22. The van der Waals surface area contributed by atoms with E-state index in [1.165, 1.54) is 0 Å². The minimum Gasteiger partial charge on any atom is -0.405 e. The molecule has 0 radical (unpaired) electrons. The lowest BCUT2D eigenvalue weighted by Gasteiger charge is -2.02. The number of aromatic nitrogens is 1. The van der Waals surface area contributed by atoms with E-state index in [2.05, 4.69) is 10.3 Å². The quantitative estimate of drug-likeness (QED) is 0.576. The molecule has 4 nitrogen and oxygen atoms in total. The summed E-state index contributed by atoms with van der Waals surface area (Å²) in [7, 11) is 0. The highest BCUT2D eigenvalue weighted by molar-refractivity contribution is 5.76. The van der Waals surface area contributed by atoms with Gasteiger partial charge in [0.15, 0.2) is 0 Å². The fourth-order valence-corrected chi connectivity index (χ4v) is 1.06. The number of nitrogens with one attached hydrogen (secondary N) is 1. The van der Waals surface area contributed by atoms with Gasteiger partial charge in [-0.25, -0.2) is 4.98 Å². The Morgan fingerprint density at radius 1 is 1.58 bits per heavy atom. The van der Waals surface area contributed by atoms with E-state index in [1.807, 2.05) is 6.07 Å². The predicted octanol–water partition coefficient (Wildman–Crippen LogP) is 0.803. The Balaban J connectivity index is 2.37. The molecule has 2 rings (SSSR count). The number of fused-ring (bicyclic) bond motifs is 1. The van der Waals surface area contributed by atoms with Crippen molar-refractivity contribution in [2.45, 2.75) is 6.42 Å². The maximum atomic E-state index is 10.9. The lowest BCUT2D eigenvalue weighted by molar-refractivity contribution is -0.134. The van der Waals surface area contributed by atoms with E-state index in [1.54, 1.807) is 12.3 Å². The number of rotatable bonds is 0. The summed E-state index contributed by atoms with van der Waals surface area (Å²) in [5, 5.41) is 3.05. The van der Waals surface area contributed by atoms with Crippen molar-refractivity contribution < 1.29 is 9.53 Å². The van der Waals surface area contributed by atoms with E-state index in [0.29, 0.717) is 18.8 Å². The molecular weight excluding hydrogens is 156 g/mol. The average Bonchev–Trinajstić information content (AvgIpc) is 2.25. The summed E-state index contributed by atoms with van der Waals surface area (Å²) in [6, 6.07) is 3.63. The predicted molar refractivity (Wildman–Crippen MR) is 43.0 cm³/mol. The molecule has 2 heterocycles. The van der Waals surface area contributed by atoms with Crippen molar-refractivity contribution in [3.63, 3.8) is 0 Å². The molecule has 1 aliphatic heterocycles. The van der Waals surface area contributed by atoms with Crippen LogP contribution in [-0.4, -0.2) is 17.5 Å². The molecule has 0 atom stereocenters. The van der Waals surface area contributed by atoms with E-state index in [9.17, 15) is 4.79 Å². The molecule has 1 aliphatic rings. The molecule has 0 saturated carbocycles. The van der Waals surface area contributed by atoms with E-state index in [4.69, 9.17) is 4.74 Å². The van der Waals surface area contributed by atoms with E-state index in [-0.39, 0.29) is 5.97 Å². The standard InChI is InChI=1S/C8H8N2O2/c11-7-3-5-9-6-2-1-4-10-8(6)12-7/h1-2,4,9H,3,5H2. The third-order valence-electron chi connectivity index (χ3n) is 1.63. The Morgan fingerprint density at radius 3 is 3.42 bits per heavy atom. The van der Waals surface area contributed by atoms with Crippen molar-refractivity contribution in [1.29, 1.82) is 0 Å². The van der Waals surface area contributed by atoms with E-state index < -0.39 is 0 Å². The Labute approximate surface area is 69.6 Å². The molecular formula is C8H8N2O2. The summed E-state index contributed by atoms with van der Waals surface area (Å²) >= 11 is 0. The molecule has 0 fully saturated rings. The van der Waals surface area contributed by atoms with Crippen LogP contribution in [0.4, 0.5) is 5.69 Å². The van der Waals surface area contributed by atoms with Crippen LogP contribution >= 0.6 is 0 Å². The van der Waals surface area contributed by atoms with Crippen LogP contribution in [0.1, 0.15) is 6.42 Å². The zero-order valence-electron chi connectivity index (χ0n) is 6.41. The minimum absolute atomic E-state index is 0.236. The van der Waals surface area contributed by atoms with Crippen LogP contribution in [0.2, 0.25) is 0 Å². The van der Waals surface area contributed by atoms with Crippen molar-refractivity contribution in [3.8, 4) is 5.88 Å². The Kier molecular flexibility index (Phi) is 1.66. The minimum atomic E-state index is -0.236. The molecule has 0 amide bonds. The van der Waals surface area contributed by atoms with Gasteiger partial charge in [0.25, 0.3) is 0 Å². The molecule has 4 heteroatoms. The van der Waals surface area contributed by atoms with Crippen LogP contribution < -0.4 is 10.1 Å². The normalized spacial score (nSPS) is 15.5. The molecule has 1 N–H and O–H groups in total. The van der Waals surface area contributed by atoms with Crippen LogP contribution in [-0.2, 0) is 4.79 Å².